The number of hydrogen-bond donors (Lipinski definition) is 2. The van der Waals surface area contributed by atoms with Gasteiger partial charge in [-0.15, -0.1) is 25.7 Å². The van der Waals surface area contributed by atoms with Crippen LogP contribution in [-0.4, -0.2) is 49.0 Å². The van der Waals surface area contributed by atoms with Crippen molar-refractivity contribution in [3.63, 3.8) is 0 Å². The molecule has 2 rings (SSSR count). The summed E-state index contributed by atoms with van der Waals surface area (Å²) in [6, 6.07) is 0. The van der Waals surface area contributed by atoms with Crippen LogP contribution in [0.4, 0.5) is 0 Å². The molecule has 2 amide bonds. The van der Waals surface area contributed by atoms with E-state index < -0.39 is 0 Å². The molecule has 1 heterocycles. The van der Waals surface area contributed by atoms with Crippen LogP contribution < -0.4 is 11.5 Å². The molecule has 0 radical (unpaired) electrons. The molecule has 0 bridgehead atoms. The molecule has 1 saturated carbocycles. The molecule has 0 aromatic heterocycles. The van der Waals surface area contributed by atoms with Gasteiger partial charge in [0, 0.05) is 20.3 Å². The number of primary amides is 1. The van der Waals surface area contributed by atoms with Gasteiger partial charge in [0.25, 0.3) is 0 Å². The molecule has 0 saturated heterocycles. The first-order valence-corrected chi connectivity index (χ1v) is 8.90. The first-order chi connectivity index (χ1) is 12.9. The number of aliphatic imine (C=N–C) groups is 1. The lowest BCUT2D eigenvalue weighted by atomic mass is 9.88. The fraction of sp³-hybridized carbons (Fsp3) is 0.650. The fourth-order valence-electron chi connectivity index (χ4n) is 2.26. The van der Waals surface area contributed by atoms with Crippen LogP contribution in [0.3, 0.4) is 0 Å². The highest BCUT2D eigenvalue weighted by molar-refractivity contribution is 5.99. The molecule has 1 fully saturated rings. The molecule has 0 unspecified atom stereocenters. The molecular weight excluding hydrogens is 344 g/mol. The largest absolute Gasteiger partial charge is 0.385 e. The highest BCUT2D eigenvalue weighted by atomic mass is 16.5. The SMILES string of the molecule is C#C.C#C.CCC1(CC)CC(=O)N(CC2CC2)C(N)=N1.CCOC.NC=O. The second-order valence-corrected chi connectivity index (χ2v) is 5.74. The van der Waals surface area contributed by atoms with Gasteiger partial charge in [-0.05, 0) is 38.5 Å². The van der Waals surface area contributed by atoms with E-state index in [1.807, 2.05) is 6.92 Å². The van der Waals surface area contributed by atoms with Gasteiger partial charge in [0.1, 0.15) is 0 Å². The van der Waals surface area contributed by atoms with E-state index in [1.54, 1.807) is 12.0 Å². The summed E-state index contributed by atoms with van der Waals surface area (Å²) in [5.41, 5.74) is 9.86. The molecule has 4 N–H and O–H groups in total. The zero-order valence-corrected chi connectivity index (χ0v) is 17.2. The van der Waals surface area contributed by atoms with Crippen LogP contribution in [0, 0.1) is 31.6 Å². The lowest BCUT2D eigenvalue weighted by Gasteiger charge is -2.36. The molecule has 2 aliphatic rings. The first-order valence-electron chi connectivity index (χ1n) is 8.90. The maximum absolute atomic E-state index is 12.1. The summed E-state index contributed by atoms with van der Waals surface area (Å²) < 4.78 is 4.54. The van der Waals surface area contributed by atoms with Gasteiger partial charge in [-0.25, -0.2) is 4.99 Å². The Labute approximate surface area is 164 Å². The zero-order chi connectivity index (χ0) is 21.9. The predicted octanol–water partition coefficient (Wildman–Crippen LogP) is 1.76. The fourth-order valence-corrected chi connectivity index (χ4v) is 2.26. The summed E-state index contributed by atoms with van der Waals surface area (Å²) in [6.45, 7) is 7.70. The first kappa shape index (κ1) is 29.3. The maximum atomic E-state index is 12.1. The smallest absolute Gasteiger partial charge is 0.231 e. The molecule has 7 heteroatoms. The zero-order valence-electron chi connectivity index (χ0n) is 17.2. The van der Waals surface area contributed by atoms with Gasteiger partial charge in [0.15, 0.2) is 5.96 Å². The minimum atomic E-state index is -0.235. The lowest BCUT2D eigenvalue weighted by molar-refractivity contribution is -0.129. The van der Waals surface area contributed by atoms with E-state index in [4.69, 9.17) is 10.5 Å². The Morgan fingerprint density at radius 2 is 1.63 bits per heavy atom. The van der Waals surface area contributed by atoms with Crippen molar-refractivity contribution in [2.75, 3.05) is 20.3 Å². The van der Waals surface area contributed by atoms with Crippen molar-refractivity contribution in [3.05, 3.63) is 0 Å². The number of hydrogen-bond acceptors (Lipinski definition) is 5. The van der Waals surface area contributed by atoms with Crippen LogP contribution in [0.2, 0.25) is 0 Å². The summed E-state index contributed by atoms with van der Waals surface area (Å²) in [6.07, 6.45) is 21.0. The van der Waals surface area contributed by atoms with Crippen molar-refractivity contribution in [1.82, 2.24) is 4.90 Å². The number of nitrogens with two attached hydrogens (primary N) is 2. The topological polar surface area (TPSA) is 111 Å². The minimum absolute atomic E-state index is 0.156. The van der Waals surface area contributed by atoms with Gasteiger partial charge in [0.05, 0.1) is 12.0 Å². The summed E-state index contributed by atoms with van der Waals surface area (Å²) in [5.74, 6) is 1.25. The Balaban J connectivity index is -0.000000441. The van der Waals surface area contributed by atoms with Gasteiger partial charge >= 0.3 is 0 Å². The van der Waals surface area contributed by atoms with Gasteiger partial charge in [-0.3, -0.25) is 14.5 Å². The van der Waals surface area contributed by atoms with Gasteiger partial charge < -0.3 is 16.2 Å². The van der Waals surface area contributed by atoms with Crippen LogP contribution in [0.15, 0.2) is 4.99 Å². The van der Waals surface area contributed by atoms with Crippen molar-refractivity contribution < 1.29 is 14.3 Å². The number of guanidine groups is 1. The standard InChI is InChI=1S/C12H21N3O.C3H8O.2C2H2.CH3NO/c1-3-12(4-2)7-10(16)15(11(13)14-12)8-9-5-6-9;1-3-4-2;2*1-2;2-1-3/h9H,3-8H2,1-2H3,(H2,13,14);3H2,1-2H3;2*1-2H;1H,(H2,2,3). The monoisotopic (exact) mass is 380 g/mol. The van der Waals surface area contributed by atoms with Crippen molar-refractivity contribution in [3.8, 4) is 25.7 Å². The van der Waals surface area contributed by atoms with Crippen LogP contribution in [-0.2, 0) is 14.3 Å². The van der Waals surface area contributed by atoms with Crippen molar-refractivity contribution in [2.24, 2.45) is 22.4 Å². The third-order valence-electron chi connectivity index (χ3n) is 4.15. The molecule has 0 atom stereocenters. The summed E-state index contributed by atoms with van der Waals surface area (Å²) in [4.78, 5) is 26.9. The molecular formula is C20H36N4O3. The molecule has 0 aromatic carbocycles. The highest BCUT2D eigenvalue weighted by Gasteiger charge is 2.38. The van der Waals surface area contributed by atoms with Crippen molar-refractivity contribution in [1.29, 1.82) is 0 Å². The quantitative estimate of drug-likeness (QED) is 0.559. The second kappa shape index (κ2) is 18.3. The number of amides is 2. The Kier molecular flexibility index (Phi) is 19.8. The number of carbonyl (C=O) groups is 2. The summed E-state index contributed by atoms with van der Waals surface area (Å²) in [5, 5.41) is 0. The van der Waals surface area contributed by atoms with E-state index >= 15 is 0 Å². The highest BCUT2D eigenvalue weighted by Crippen LogP contribution is 2.33. The van der Waals surface area contributed by atoms with Gasteiger partial charge in [-0.2, -0.15) is 0 Å². The van der Waals surface area contributed by atoms with E-state index in [1.165, 1.54) is 12.8 Å². The maximum Gasteiger partial charge on any atom is 0.231 e. The molecule has 0 spiro atoms. The third-order valence-corrected chi connectivity index (χ3v) is 4.15. The number of methoxy groups -OCH3 is 1. The number of ether oxygens (including phenoxy) is 1. The van der Waals surface area contributed by atoms with Crippen LogP contribution >= 0.6 is 0 Å². The van der Waals surface area contributed by atoms with E-state index in [0.717, 1.165) is 26.0 Å². The Bertz CT molecular complexity index is 456. The number of terminal acetylenes is 2. The molecule has 0 aromatic rings. The average molecular weight is 381 g/mol. The second-order valence-electron chi connectivity index (χ2n) is 5.74. The summed E-state index contributed by atoms with van der Waals surface area (Å²) in [7, 11) is 1.68. The summed E-state index contributed by atoms with van der Waals surface area (Å²) >= 11 is 0. The number of carbonyl (C=O) groups excluding carboxylic acids is 2. The van der Waals surface area contributed by atoms with E-state index in [0.29, 0.717) is 18.3 Å². The minimum Gasteiger partial charge on any atom is -0.385 e. The lowest BCUT2D eigenvalue weighted by Crippen LogP contribution is -2.51. The van der Waals surface area contributed by atoms with E-state index in [2.05, 4.69) is 55.0 Å². The molecule has 154 valence electrons. The van der Waals surface area contributed by atoms with E-state index in [9.17, 15) is 4.79 Å². The molecule has 7 nitrogen and oxygen atoms in total. The van der Waals surface area contributed by atoms with Crippen molar-refractivity contribution >= 4 is 18.3 Å². The van der Waals surface area contributed by atoms with Gasteiger partial charge in [-0.1, -0.05) is 13.8 Å². The molecule has 1 aliphatic carbocycles. The normalized spacial score (nSPS) is 16.2. The average Bonchev–Trinajstić information content (AvgIpc) is 3.53. The van der Waals surface area contributed by atoms with Crippen LogP contribution in [0.5, 0.6) is 0 Å². The number of nitrogens with zero attached hydrogens (tertiary/aromatic N) is 2. The van der Waals surface area contributed by atoms with Gasteiger partial charge in [0.2, 0.25) is 12.3 Å². The van der Waals surface area contributed by atoms with Crippen LogP contribution in [0.25, 0.3) is 0 Å². The van der Waals surface area contributed by atoms with Crippen LogP contribution in [0.1, 0.15) is 52.9 Å². The molecule has 27 heavy (non-hydrogen) atoms. The van der Waals surface area contributed by atoms with E-state index in [-0.39, 0.29) is 17.9 Å². The Hall–Kier alpha value is -2.51. The molecule has 1 aliphatic heterocycles. The Morgan fingerprint density at radius 1 is 1.22 bits per heavy atom. The van der Waals surface area contributed by atoms with Crippen molar-refractivity contribution in [2.45, 2.75) is 58.4 Å². The number of rotatable bonds is 5. The third kappa shape index (κ3) is 12.5. The Morgan fingerprint density at radius 3 is 1.89 bits per heavy atom. The predicted molar refractivity (Wildman–Crippen MR) is 112 cm³/mol.